The summed E-state index contributed by atoms with van der Waals surface area (Å²) in [4.78, 5) is 0. The third kappa shape index (κ3) is 5.88. The first kappa shape index (κ1) is 15.5. The van der Waals surface area contributed by atoms with Crippen molar-refractivity contribution in [3.8, 4) is 0 Å². The molecule has 0 saturated heterocycles. The predicted octanol–water partition coefficient (Wildman–Crippen LogP) is 4.74. The number of rotatable bonds is 8. The van der Waals surface area contributed by atoms with Crippen LogP contribution in [0.25, 0.3) is 0 Å². The first-order chi connectivity index (χ1) is 8.63. The van der Waals surface area contributed by atoms with Crippen LogP contribution in [0, 0.1) is 17.8 Å². The van der Waals surface area contributed by atoms with E-state index < -0.39 is 0 Å². The third-order valence-electron chi connectivity index (χ3n) is 3.36. The summed E-state index contributed by atoms with van der Waals surface area (Å²) in [6.07, 6.45) is 1.15. The summed E-state index contributed by atoms with van der Waals surface area (Å²) in [6, 6.07) is 10.3. The second-order valence-electron chi connectivity index (χ2n) is 5.50. The maximum absolute atomic E-state index is 6.00. The fraction of sp³-hybridized carbons (Fsp3) is 0.625. The standard InChI is InChI=1S/C16H25ClO/c1-13(2)16(10-17)9-14(3)11-18-12-15-7-5-4-6-8-15/h4-8,13-14,16H,9-12H2,1-3H3. The molecule has 0 aliphatic carbocycles. The Morgan fingerprint density at radius 2 is 1.78 bits per heavy atom. The fourth-order valence-corrected chi connectivity index (χ4v) is 2.53. The van der Waals surface area contributed by atoms with Crippen molar-refractivity contribution in [3.63, 3.8) is 0 Å². The molecule has 18 heavy (non-hydrogen) atoms. The van der Waals surface area contributed by atoms with E-state index in [0.29, 0.717) is 24.4 Å². The molecule has 0 radical (unpaired) electrons. The van der Waals surface area contributed by atoms with Gasteiger partial charge in [-0.05, 0) is 29.7 Å². The minimum atomic E-state index is 0.569. The second-order valence-corrected chi connectivity index (χ2v) is 5.81. The summed E-state index contributed by atoms with van der Waals surface area (Å²) >= 11 is 6.00. The van der Waals surface area contributed by atoms with Gasteiger partial charge in [-0.1, -0.05) is 51.1 Å². The molecule has 0 spiro atoms. The lowest BCUT2D eigenvalue weighted by molar-refractivity contribution is 0.0824. The third-order valence-corrected chi connectivity index (χ3v) is 3.76. The molecule has 0 saturated carbocycles. The molecule has 1 aromatic rings. The first-order valence-corrected chi connectivity index (χ1v) is 7.34. The van der Waals surface area contributed by atoms with E-state index in [9.17, 15) is 0 Å². The van der Waals surface area contributed by atoms with Crippen molar-refractivity contribution in [3.05, 3.63) is 35.9 Å². The minimum Gasteiger partial charge on any atom is -0.376 e. The van der Waals surface area contributed by atoms with E-state index in [1.165, 1.54) is 5.56 Å². The number of hydrogen-bond acceptors (Lipinski definition) is 1. The second kappa shape index (κ2) is 8.55. The molecule has 0 fully saturated rings. The van der Waals surface area contributed by atoms with Crippen LogP contribution in [0.15, 0.2) is 30.3 Å². The lowest BCUT2D eigenvalue weighted by Gasteiger charge is -2.22. The van der Waals surface area contributed by atoms with Gasteiger partial charge >= 0.3 is 0 Å². The van der Waals surface area contributed by atoms with Crippen LogP contribution in [0.2, 0.25) is 0 Å². The van der Waals surface area contributed by atoms with Crippen molar-refractivity contribution in [2.24, 2.45) is 17.8 Å². The van der Waals surface area contributed by atoms with Gasteiger partial charge in [-0.2, -0.15) is 0 Å². The maximum atomic E-state index is 6.00. The summed E-state index contributed by atoms with van der Waals surface area (Å²) in [5.41, 5.74) is 1.24. The molecule has 0 amide bonds. The Hall–Kier alpha value is -0.530. The van der Waals surface area contributed by atoms with Crippen LogP contribution in [0.5, 0.6) is 0 Å². The summed E-state index contributed by atoms with van der Waals surface area (Å²) in [7, 11) is 0. The molecule has 0 N–H and O–H groups in total. The number of alkyl halides is 1. The van der Waals surface area contributed by atoms with E-state index >= 15 is 0 Å². The summed E-state index contributed by atoms with van der Waals surface area (Å²) in [5.74, 6) is 2.57. The van der Waals surface area contributed by atoms with Crippen LogP contribution in [0.3, 0.4) is 0 Å². The zero-order chi connectivity index (χ0) is 13.4. The molecule has 0 aliphatic heterocycles. The maximum Gasteiger partial charge on any atom is 0.0717 e. The van der Waals surface area contributed by atoms with Gasteiger partial charge in [0.05, 0.1) is 6.61 Å². The van der Waals surface area contributed by atoms with Crippen LogP contribution in [-0.4, -0.2) is 12.5 Å². The topological polar surface area (TPSA) is 9.23 Å². The lowest BCUT2D eigenvalue weighted by atomic mass is 9.89. The molecule has 2 heteroatoms. The van der Waals surface area contributed by atoms with Gasteiger partial charge in [0.1, 0.15) is 0 Å². The molecule has 1 aromatic carbocycles. The number of benzene rings is 1. The van der Waals surface area contributed by atoms with Crippen molar-refractivity contribution in [2.45, 2.75) is 33.8 Å². The van der Waals surface area contributed by atoms with E-state index in [4.69, 9.17) is 16.3 Å². The highest BCUT2D eigenvalue weighted by Crippen LogP contribution is 2.22. The number of hydrogen-bond donors (Lipinski definition) is 0. The highest BCUT2D eigenvalue weighted by molar-refractivity contribution is 6.18. The van der Waals surface area contributed by atoms with Gasteiger partial charge in [0, 0.05) is 12.5 Å². The summed E-state index contributed by atoms with van der Waals surface area (Å²) in [6.45, 7) is 8.25. The zero-order valence-corrected chi connectivity index (χ0v) is 12.5. The Kier molecular flexibility index (Phi) is 7.38. The SMILES string of the molecule is CC(COCc1ccccc1)CC(CCl)C(C)C. The molecular formula is C16H25ClO. The Bertz CT molecular complexity index is 310. The lowest BCUT2D eigenvalue weighted by Crippen LogP contribution is -2.17. The molecule has 0 bridgehead atoms. The molecular weight excluding hydrogens is 244 g/mol. The van der Waals surface area contributed by atoms with Crippen molar-refractivity contribution >= 4 is 11.6 Å². The van der Waals surface area contributed by atoms with Crippen molar-refractivity contribution < 1.29 is 4.74 Å². The van der Waals surface area contributed by atoms with E-state index in [1.807, 2.05) is 18.2 Å². The Labute approximate surface area is 116 Å². The Morgan fingerprint density at radius 3 is 2.33 bits per heavy atom. The molecule has 2 unspecified atom stereocenters. The molecule has 0 aromatic heterocycles. The number of halogens is 1. The average Bonchev–Trinajstić information content (AvgIpc) is 2.37. The van der Waals surface area contributed by atoms with Gasteiger partial charge < -0.3 is 4.74 Å². The van der Waals surface area contributed by atoms with Crippen LogP contribution in [0.4, 0.5) is 0 Å². The molecule has 0 aliphatic rings. The molecule has 1 nitrogen and oxygen atoms in total. The molecule has 102 valence electrons. The monoisotopic (exact) mass is 268 g/mol. The summed E-state index contributed by atoms with van der Waals surface area (Å²) in [5, 5.41) is 0. The van der Waals surface area contributed by atoms with Crippen molar-refractivity contribution in [1.29, 1.82) is 0 Å². The van der Waals surface area contributed by atoms with Crippen LogP contribution in [0.1, 0.15) is 32.8 Å². The van der Waals surface area contributed by atoms with Gasteiger partial charge in [-0.3, -0.25) is 0 Å². The van der Waals surface area contributed by atoms with Crippen LogP contribution in [-0.2, 0) is 11.3 Å². The van der Waals surface area contributed by atoms with Crippen molar-refractivity contribution in [2.75, 3.05) is 12.5 Å². The molecule has 2 atom stereocenters. The van der Waals surface area contributed by atoms with Crippen molar-refractivity contribution in [1.82, 2.24) is 0 Å². The normalized spacial score (nSPS) is 14.7. The highest BCUT2D eigenvalue weighted by atomic mass is 35.5. The first-order valence-electron chi connectivity index (χ1n) is 6.81. The fourth-order valence-electron chi connectivity index (χ4n) is 2.05. The minimum absolute atomic E-state index is 0.569. The van der Waals surface area contributed by atoms with Gasteiger partial charge in [0.25, 0.3) is 0 Å². The van der Waals surface area contributed by atoms with Gasteiger partial charge in [0.15, 0.2) is 0 Å². The quantitative estimate of drug-likeness (QED) is 0.619. The van der Waals surface area contributed by atoms with E-state index in [0.717, 1.165) is 18.9 Å². The van der Waals surface area contributed by atoms with Crippen LogP contribution < -0.4 is 0 Å². The highest BCUT2D eigenvalue weighted by Gasteiger charge is 2.15. The molecule has 1 rings (SSSR count). The summed E-state index contributed by atoms with van der Waals surface area (Å²) < 4.78 is 5.76. The molecule has 0 heterocycles. The predicted molar refractivity (Wildman–Crippen MR) is 78.9 cm³/mol. The van der Waals surface area contributed by atoms with E-state index in [2.05, 4.69) is 32.9 Å². The van der Waals surface area contributed by atoms with E-state index in [-0.39, 0.29) is 0 Å². The van der Waals surface area contributed by atoms with Gasteiger partial charge in [-0.15, -0.1) is 11.6 Å². The van der Waals surface area contributed by atoms with E-state index in [1.54, 1.807) is 0 Å². The number of ether oxygens (including phenoxy) is 1. The Balaban J connectivity index is 2.23. The zero-order valence-electron chi connectivity index (χ0n) is 11.7. The van der Waals surface area contributed by atoms with Crippen LogP contribution >= 0.6 is 11.6 Å². The Morgan fingerprint density at radius 1 is 1.11 bits per heavy atom. The average molecular weight is 269 g/mol. The van der Waals surface area contributed by atoms with Gasteiger partial charge in [-0.25, -0.2) is 0 Å². The smallest absolute Gasteiger partial charge is 0.0717 e. The van der Waals surface area contributed by atoms with Gasteiger partial charge in [0.2, 0.25) is 0 Å². The largest absolute Gasteiger partial charge is 0.376 e.